The van der Waals surface area contributed by atoms with Crippen molar-refractivity contribution in [3.05, 3.63) is 22.4 Å². The minimum absolute atomic E-state index is 0.240. The van der Waals surface area contributed by atoms with Crippen molar-refractivity contribution in [3.8, 4) is 0 Å². The number of rotatable bonds is 3. The number of aryl methyl sites for hydroxylation is 1. The second-order valence-electron chi connectivity index (χ2n) is 2.64. The SMILES string of the molecule is Cn1nnc(C(NN)c2cncs2)n1. The highest BCUT2D eigenvalue weighted by Gasteiger charge is 2.18. The molecule has 0 radical (unpaired) electrons. The molecule has 0 spiro atoms. The van der Waals surface area contributed by atoms with Crippen LogP contribution in [0.15, 0.2) is 11.7 Å². The molecule has 1 unspecified atom stereocenters. The monoisotopic (exact) mass is 211 g/mol. The molecule has 0 saturated carbocycles. The van der Waals surface area contributed by atoms with Crippen LogP contribution in [0.2, 0.25) is 0 Å². The fraction of sp³-hybridized carbons (Fsp3) is 0.333. The molecule has 14 heavy (non-hydrogen) atoms. The maximum Gasteiger partial charge on any atom is 0.198 e. The summed E-state index contributed by atoms with van der Waals surface area (Å²) >= 11 is 1.49. The number of tetrazole rings is 1. The first-order valence-electron chi connectivity index (χ1n) is 3.89. The summed E-state index contributed by atoms with van der Waals surface area (Å²) in [6, 6.07) is -0.240. The molecule has 0 fully saturated rings. The van der Waals surface area contributed by atoms with E-state index >= 15 is 0 Å². The molecule has 7 nitrogen and oxygen atoms in total. The van der Waals surface area contributed by atoms with E-state index in [1.807, 2.05) is 0 Å². The Morgan fingerprint density at radius 2 is 2.50 bits per heavy atom. The average Bonchev–Trinajstić information content (AvgIpc) is 2.79. The van der Waals surface area contributed by atoms with Gasteiger partial charge in [0.05, 0.1) is 17.4 Å². The van der Waals surface area contributed by atoms with Gasteiger partial charge in [-0.1, -0.05) is 0 Å². The maximum absolute atomic E-state index is 5.42. The van der Waals surface area contributed by atoms with Crippen LogP contribution in [0.3, 0.4) is 0 Å². The van der Waals surface area contributed by atoms with Crippen LogP contribution < -0.4 is 11.3 Å². The number of thiazole rings is 1. The lowest BCUT2D eigenvalue weighted by molar-refractivity contribution is 0.594. The first kappa shape index (κ1) is 9.19. The number of hydrogen-bond acceptors (Lipinski definition) is 7. The lowest BCUT2D eigenvalue weighted by atomic mass is 10.2. The van der Waals surface area contributed by atoms with E-state index in [0.717, 1.165) is 4.88 Å². The number of nitrogens with two attached hydrogens (primary N) is 1. The molecular weight excluding hydrogens is 202 g/mol. The van der Waals surface area contributed by atoms with Crippen LogP contribution in [-0.4, -0.2) is 25.2 Å². The molecule has 2 rings (SSSR count). The van der Waals surface area contributed by atoms with Crippen LogP contribution in [0, 0.1) is 0 Å². The number of nitrogens with zero attached hydrogens (tertiary/aromatic N) is 5. The third-order valence-electron chi connectivity index (χ3n) is 1.68. The second-order valence-corrected chi connectivity index (χ2v) is 3.56. The van der Waals surface area contributed by atoms with Crippen molar-refractivity contribution < 1.29 is 0 Å². The highest BCUT2D eigenvalue weighted by atomic mass is 32.1. The Morgan fingerprint density at radius 1 is 1.64 bits per heavy atom. The third-order valence-corrected chi connectivity index (χ3v) is 2.53. The Morgan fingerprint density at radius 3 is 3.00 bits per heavy atom. The topological polar surface area (TPSA) is 94.5 Å². The van der Waals surface area contributed by atoms with Gasteiger partial charge in [0.15, 0.2) is 5.82 Å². The quantitative estimate of drug-likeness (QED) is 0.511. The van der Waals surface area contributed by atoms with Crippen LogP contribution >= 0.6 is 11.3 Å². The van der Waals surface area contributed by atoms with Crippen molar-refractivity contribution in [1.82, 2.24) is 30.6 Å². The van der Waals surface area contributed by atoms with Crippen molar-refractivity contribution in [3.63, 3.8) is 0 Å². The van der Waals surface area contributed by atoms with Crippen molar-refractivity contribution in [2.75, 3.05) is 0 Å². The van der Waals surface area contributed by atoms with Gasteiger partial charge >= 0.3 is 0 Å². The standard InChI is InChI=1S/C6H9N7S/c1-13-11-6(10-12-13)5(9-7)4-2-8-3-14-4/h2-3,5,9H,7H2,1H3. The first-order chi connectivity index (χ1) is 6.81. The lowest BCUT2D eigenvalue weighted by Gasteiger charge is -2.07. The molecule has 0 saturated heterocycles. The van der Waals surface area contributed by atoms with E-state index in [9.17, 15) is 0 Å². The van der Waals surface area contributed by atoms with Gasteiger partial charge in [0.1, 0.15) is 6.04 Å². The molecule has 0 bridgehead atoms. The second kappa shape index (κ2) is 3.78. The molecule has 0 aliphatic heterocycles. The van der Waals surface area contributed by atoms with E-state index in [4.69, 9.17) is 5.84 Å². The zero-order chi connectivity index (χ0) is 9.97. The molecule has 3 N–H and O–H groups in total. The maximum atomic E-state index is 5.42. The summed E-state index contributed by atoms with van der Waals surface area (Å²) in [5, 5.41) is 11.7. The summed E-state index contributed by atoms with van der Waals surface area (Å²) in [6.07, 6.45) is 1.73. The number of nitrogens with one attached hydrogen (secondary N) is 1. The van der Waals surface area contributed by atoms with E-state index in [2.05, 4.69) is 25.8 Å². The van der Waals surface area contributed by atoms with E-state index in [1.54, 1.807) is 18.8 Å². The molecule has 1 atom stereocenters. The van der Waals surface area contributed by atoms with Crippen LogP contribution in [0.1, 0.15) is 16.7 Å². The molecule has 0 aliphatic carbocycles. The van der Waals surface area contributed by atoms with Gasteiger partial charge in [0.25, 0.3) is 0 Å². The van der Waals surface area contributed by atoms with Gasteiger partial charge < -0.3 is 0 Å². The Bertz CT molecular complexity index is 394. The highest BCUT2D eigenvalue weighted by Crippen LogP contribution is 2.20. The summed E-state index contributed by atoms with van der Waals surface area (Å²) in [5.41, 5.74) is 4.36. The Kier molecular flexibility index (Phi) is 2.48. The summed E-state index contributed by atoms with van der Waals surface area (Å²) in [5.74, 6) is 5.96. The lowest BCUT2D eigenvalue weighted by Crippen LogP contribution is -2.29. The molecule has 2 aromatic rings. The molecule has 74 valence electrons. The normalized spacial score (nSPS) is 13.0. The van der Waals surface area contributed by atoms with E-state index in [1.165, 1.54) is 16.1 Å². The molecule has 0 aliphatic rings. The van der Waals surface area contributed by atoms with E-state index < -0.39 is 0 Å². The van der Waals surface area contributed by atoms with Crippen molar-refractivity contribution >= 4 is 11.3 Å². The predicted octanol–water partition coefficient (Wildman–Crippen LogP) is -0.781. The van der Waals surface area contributed by atoms with E-state index in [0.29, 0.717) is 5.82 Å². The van der Waals surface area contributed by atoms with Crippen molar-refractivity contribution in [2.45, 2.75) is 6.04 Å². The van der Waals surface area contributed by atoms with Crippen LogP contribution in [0.5, 0.6) is 0 Å². The largest absolute Gasteiger partial charge is 0.270 e. The molecule has 8 heteroatoms. The Balaban J connectivity index is 2.31. The van der Waals surface area contributed by atoms with Gasteiger partial charge in [-0.3, -0.25) is 10.8 Å². The zero-order valence-electron chi connectivity index (χ0n) is 7.45. The highest BCUT2D eigenvalue weighted by molar-refractivity contribution is 7.09. The molecule has 0 aromatic carbocycles. The molecular formula is C6H9N7S. The molecule has 2 aromatic heterocycles. The minimum atomic E-state index is -0.240. The first-order valence-corrected chi connectivity index (χ1v) is 4.77. The Hall–Kier alpha value is -1.38. The minimum Gasteiger partial charge on any atom is -0.270 e. The van der Waals surface area contributed by atoms with Crippen LogP contribution in [-0.2, 0) is 7.05 Å². The number of hydrogen-bond donors (Lipinski definition) is 2. The van der Waals surface area contributed by atoms with Crippen molar-refractivity contribution in [2.24, 2.45) is 12.9 Å². The predicted molar refractivity (Wildman–Crippen MR) is 50.1 cm³/mol. The summed E-state index contributed by atoms with van der Waals surface area (Å²) in [4.78, 5) is 6.31. The van der Waals surface area contributed by atoms with Gasteiger partial charge in [-0.15, -0.1) is 21.5 Å². The molecule has 2 heterocycles. The van der Waals surface area contributed by atoms with Crippen molar-refractivity contribution in [1.29, 1.82) is 0 Å². The fourth-order valence-corrected chi connectivity index (χ4v) is 1.74. The summed E-state index contributed by atoms with van der Waals surface area (Å²) < 4.78 is 0. The van der Waals surface area contributed by atoms with Gasteiger partial charge in [-0.2, -0.15) is 4.80 Å². The van der Waals surface area contributed by atoms with Gasteiger partial charge in [-0.25, -0.2) is 5.43 Å². The summed E-state index contributed by atoms with van der Waals surface area (Å²) in [7, 11) is 1.71. The van der Waals surface area contributed by atoms with Crippen LogP contribution in [0.25, 0.3) is 0 Å². The zero-order valence-corrected chi connectivity index (χ0v) is 8.27. The van der Waals surface area contributed by atoms with E-state index in [-0.39, 0.29) is 6.04 Å². The van der Waals surface area contributed by atoms with Gasteiger partial charge in [0.2, 0.25) is 0 Å². The average molecular weight is 211 g/mol. The smallest absolute Gasteiger partial charge is 0.198 e. The molecule has 0 amide bonds. The number of aromatic nitrogens is 5. The van der Waals surface area contributed by atoms with Crippen LogP contribution in [0.4, 0.5) is 0 Å². The number of hydrazine groups is 1. The fourth-order valence-electron chi connectivity index (χ4n) is 1.07. The van der Waals surface area contributed by atoms with Gasteiger partial charge in [-0.05, 0) is 5.21 Å². The van der Waals surface area contributed by atoms with Gasteiger partial charge in [0, 0.05) is 6.20 Å². The Labute approximate surface area is 83.9 Å². The summed E-state index contributed by atoms with van der Waals surface area (Å²) in [6.45, 7) is 0. The third kappa shape index (κ3) is 1.62.